The standard InChI is InChI=1S/C11H13N5O3/c1-2-5-15-7-8(6-13-15)19-11-9(16(17)18)3-4-10(12)14-11/h3-4,6-7H,2,5H2,1H3,(H2,12,14). The van der Waals surface area contributed by atoms with E-state index in [1.54, 1.807) is 10.9 Å². The molecule has 0 aliphatic rings. The van der Waals surface area contributed by atoms with Crippen molar-refractivity contribution in [2.45, 2.75) is 19.9 Å². The third-order valence-corrected chi connectivity index (χ3v) is 2.34. The molecule has 0 aromatic carbocycles. The molecule has 19 heavy (non-hydrogen) atoms. The van der Waals surface area contributed by atoms with Gasteiger partial charge in [0.25, 0.3) is 0 Å². The predicted molar refractivity (Wildman–Crippen MR) is 67.9 cm³/mol. The third kappa shape index (κ3) is 2.97. The molecule has 0 radical (unpaired) electrons. The number of aryl methyl sites for hydroxylation is 1. The van der Waals surface area contributed by atoms with Gasteiger partial charge in [-0.3, -0.25) is 14.8 Å². The lowest BCUT2D eigenvalue weighted by Gasteiger charge is -2.03. The number of hydrogen-bond acceptors (Lipinski definition) is 6. The predicted octanol–water partition coefficient (Wildman–Crippen LogP) is 1.97. The molecule has 2 N–H and O–H groups in total. The highest BCUT2D eigenvalue weighted by atomic mass is 16.6. The molecule has 2 aromatic heterocycles. The zero-order valence-electron chi connectivity index (χ0n) is 10.3. The smallest absolute Gasteiger partial charge is 0.331 e. The van der Waals surface area contributed by atoms with E-state index >= 15 is 0 Å². The fourth-order valence-electron chi connectivity index (χ4n) is 1.52. The highest BCUT2D eigenvalue weighted by Gasteiger charge is 2.18. The van der Waals surface area contributed by atoms with Crippen molar-refractivity contribution in [1.82, 2.24) is 14.8 Å². The molecule has 0 aliphatic carbocycles. The topological polar surface area (TPSA) is 109 Å². The first-order chi connectivity index (χ1) is 9.10. The van der Waals surface area contributed by atoms with E-state index in [9.17, 15) is 10.1 Å². The summed E-state index contributed by atoms with van der Waals surface area (Å²) in [6, 6.07) is 2.61. The van der Waals surface area contributed by atoms with E-state index in [4.69, 9.17) is 10.5 Å². The van der Waals surface area contributed by atoms with Gasteiger partial charge in [0.1, 0.15) is 5.82 Å². The number of pyridine rings is 1. The zero-order valence-corrected chi connectivity index (χ0v) is 10.3. The zero-order chi connectivity index (χ0) is 13.8. The van der Waals surface area contributed by atoms with Gasteiger partial charge in [0, 0.05) is 12.6 Å². The van der Waals surface area contributed by atoms with Gasteiger partial charge < -0.3 is 10.5 Å². The van der Waals surface area contributed by atoms with Crippen LogP contribution in [0.25, 0.3) is 0 Å². The number of nitrogens with zero attached hydrogens (tertiary/aromatic N) is 4. The molecule has 2 rings (SSSR count). The van der Waals surface area contributed by atoms with Gasteiger partial charge in [0.05, 0.1) is 17.3 Å². The highest BCUT2D eigenvalue weighted by Crippen LogP contribution is 2.29. The van der Waals surface area contributed by atoms with Crippen molar-refractivity contribution in [1.29, 1.82) is 0 Å². The molecule has 0 aliphatic heterocycles. The molecular formula is C11H13N5O3. The van der Waals surface area contributed by atoms with Crippen LogP contribution in [-0.2, 0) is 6.54 Å². The van der Waals surface area contributed by atoms with Gasteiger partial charge in [-0.1, -0.05) is 6.92 Å². The Labute approximate surface area is 109 Å². The average Bonchev–Trinajstić information content (AvgIpc) is 2.77. The first-order valence-electron chi connectivity index (χ1n) is 5.71. The van der Waals surface area contributed by atoms with Crippen molar-refractivity contribution >= 4 is 11.5 Å². The minimum absolute atomic E-state index is 0.138. The Hall–Kier alpha value is -2.64. The maximum absolute atomic E-state index is 10.9. The largest absolute Gasteiger partial charge is 0.430 e. The maximum atomic E-state index is 10.9. The van der Waals surface area contributed by atoms with Crippen molar-refractivity contribution in [3.8, 4) is 11.6 Å². The number of ether oxygens (including phenoxy) is 1. The molecule has 0 unspecified atom stereocenters. The summed E-state index contributed by atoms with van der Waals surface area (Å²) in [7, 11) is 0. The molecule has 2 heterocycles. The number of nitrogens with two attached hydrogens (primary N) is 1. The van der Waals surface area contributed by atoms with Crippen molar-refractivity contribution in [2.24, 2.45) is 0 Å². The quantitative estimate of drug-likeness (QED) is 0.652. The van der Waals surface area contributed by atoms with Crippen LogP contribution < -0.4 is 10.5 Å². The van der Waals surface area contributed by atoms with Gasteiger partial charge >= 0.3 is 11.6 Å². The van der Waals surface area contributed by atoms with E-state index in [2.05, 4.69) is 10.1 Å². The van der Waals surface area contributed by atoms with Crippen LogP contribution in [0.4, 0.5) is 11.5 Å². The summed E-state index contributed by atoms with van der Waals surface area (Å²) in [6.07, 6.45) is 4.06. The van der Waals surface area contributed by atoms with Crippen LogP contribution in [0.1, 0.15) is 13.3 Å². The summed E-state index contributed by atoms with van der Waals surface area (Å²) >= 11 is 0. The number of hydrogen-bond donors (Lipinski definition) is 1. The van der Waals surface area contributed by atoms with Crippen LogP contribution in [0.3, 0.4) is 0 Å². The maximum Gasteiger partial charge on any atom is 0.331 e. The molecule has 0 amide bonds. The highest BCUT2D eigenvalue weighted by molar-refractivity contribution is 5.48. The Morgan fingerprint density at radius 1 is 1.53 bits per heavy atom. The van der Waals surface area contributed by atoms with Crippen molar-refractivity contribution in [3.63, 3.8) is 0 Å². The van der Waals surface area contributed by atoms with Crippen LogP contribution in [0.15, 0.2) is 24.5 Å². The number of aromatic nitrogens is 3. The van der Waals surface area contributed by atoms with Gasteiger partial charge in [-0.15, -0.1) is 0 Å². The minimum Gasteiger partial charge on any atom is -0.430 e. The summed E-state index contributed by atoms with van der Waals surface area (Å²) in [5.74, 6) is 0.400. The number of nitrogen functional groups attached to an aromatic ring is 1. The third-order valence-electron chi connectivity index (χ3n) is 2.34. The molecule has 2 aromatic rings. The molecule has 0 bridgehead atoms. The van der Waals surface area contributed by atoms with Crippen molar-refractivity contribution in [3.05, 3.63) is 34.6 Å². The van der Waals surface area contributed by atoms with E-state index in [-0.39, 0.29) is 17.4 Å². The van der Waals surface area contributed by atoms with Crippen LogP contribution in [0, 0.1) is 10.1 Å². The normalized spacial score (nSPS) is 10.4. The van der Waals surface area contributed by atoms with Crippen LogP contribution in [0.2, 0.25) is 0 Å². The number of rotatable bonds is 5. The average molecular weight is 263 g/mol. The Kier molecular flexibility index (Phi) is 3.60. The monoisotopic (exact) mass is 263 g/mol. The molecule has 0 saturated heterocycles. The first-order valence-corrected chi connectivity index (χ1v) is 5.71. The van der Waals surface area contributed by atoms with Gasteiger partial charge in [-0.2, -0.15) is 10.1 Å². The van der Waals surface area contributed by atoms with Gasteiger partial charge in [0.15, 0.2) is 5.75 Å². The molecule has 0 saturated carbocycles. The van der Waals surface area contributed by atoms with Gasteiger partial charge in [0.2, 0.25) is 0 Å². The second kappa shape index (κ2) is 5.34. The van der Waals surface area contributed by atoms with E-state index in [0.717, 1.165) is 13.0 Å². The van der Waals surface area contributed by atoms with Crippen LogP contribution in [0.5, 0.6) is 11.6 Å². The summed E-state index contributed by atoms with van der Waals surface area (Å²) < 4.78 is 7.05. The Bertz CT molecular complexity index is 596. The summed E-state index contributed by atoms with van der Waals surface area (Å²) in [6.45, 7) is 2.77. The van der Waals surface area contributed by atoms with Crippen LogP contribution >= 0.6 is 0 Å². The van der Waals surface area contributed by atoms with E-state index in [1.807, 2.05) is 6.92 Å². The SMILES string of the molecule is CCCn1cc(Oc2nc(N)ccc2[N+](=O)[O-])cn1. The summed E-state index contributed by atoms with van der Waals surface area (Å²) in [4.78, 5) is 14.1. The fraction of sp³-hybridized carbons (Fsp3) is 0.273. The van der Waals surface area contributed by atoms with Crippen molar-refractivity contribution < 1.29 is 9.66 Å². The first kappa shape index (κ1) is 12.8. The number of anilines is 1. The lowest BCUT2D eigenvalue weighted by atomic mass is 10.4. The molecule has 8 nitrogen and oxygen atoms in total. The van der Waals surface area contributed by atoms with Gasteiger partial charge in [-0.25, -0.2) is 0 Å². The lowest BCUT2D eigenvalue weighted by molar-refractivity contribution is -0.386. The number of nitro groups is 1. The molecular weight excluding hydrogens is 250 g/mol. The second-order valence-corrected chi connectivity index (χ2v) is 3.86. The van der Waals surface area contributed by atoms with E-state index in [1.165, 1.54) is 18.3 Å². The Morgan fingerprint density at radius 2 is 2.32 bits per heavy atom. The van der Waals surface area contributed by atoms with Gasteiger partial charge in [-0.05, 0) is 12.5 Å². The van der Waals surface area contributed by atoms with E-state index in [0.29, 0.717) is 5.75 Å². The molecule has 0 spiro atoms. The van der Waals surface area contributed by atoms with E-state index < -0.39 is 4.92 Å². The lowest BCUT2D eigenvalue weighted by Crippen LogP contribution is -1.99. The Balaban J connectivity index is 2.26. The Morgan fingerprint density at radius 3 is 3.00 bits per heavy atom. The molecule has 0 atom stereocenters. The molecule has 0 fully saturated rings. The van der Waals surface area contributed by atoms with Crippen LogP contribution in [-0.4, -0.2) is 19.7 Å². The summed E-state index contributed by atoms with van der Waals surface area (Å²) in [5, 5.41) is 14.9. The molecule has 100 valence electrons. The molecule has 8 heteroatoms. The fourth-order valence-corrected chi connectivity index (χ4v) is 1.52. The second-order valence-electron chi connectivity index (χ2n) is 3.86. The van der Waals surface area contributed by atoms with Crippen molar-refractivity contribution in [2.75, 3.05) is 5.73 Å². The minimum atomic E-state index is -0.571. The summed E-state index contributed by atoms with van der Waals surface area (Å²) in [5.41, 5.74) is 5.26.